The Kier molecular flexibility index (Phi) is 2.97. The number of aromatic nitrogens is 1. The Labute approximate surface area is 129 Å². The van der Waals surface area contributed by atoms with Crippen LogP contribution in [0.3, 0.4) is 0 Å². The van der Waals surface area contributed by atoms with E-state index in [0.717, 1.165) is 34.6 Å². The highest BCUT2D eigenvalue weighted by Gasteiger charge is 2.12. The molecule has 0 atom stereocenters. The van der Waals surface area contributed by atoms with Crippen molar-refractivity contribution in [1.29, 1.82) is 0 Å². The summed E-state index contributed by atoms with van der Waals surface area (Å²) >= 11 is 0. The summed E-state index contributed by atoms with van der Waals surface area (Å²) in [6, 6.07) is 18.4. The highest BCUT2D eigenvalue weighted by molar-refractivity contribution is 5.89. The van der Waals surface area contributed by atoms with Crippen molar-refractivity contribution in [3.05, 3.63) is 71.9 Å². The molecule has 3 heteroatoms. The molecule has 0 bridgehead atoms. The highest BCUT2D eigenvalue weighted by Crippen LogP contribution is 2.32. The van der Waals surface area contributed by atoms with E-state index in [1.165, 1.54) is 11.1 Å². The molecule has 1 aromatic heterocycles. The minimum Gasteiger partial charge on any atom is -0.399 e. The molecule has 0 aliphatic carbocycles. The number of nitrogens with two attached hydrogens (primary N) is 1. The van der Waals surface area contributed by atoms with Gasteiger partial charge in [-0.15, -0.1) is 0 Å². The maximum absolute atomic E-state index is 5.91. The Morgan fingerprint density at radius 3 is 2.77 bits per heavy atom. The molecule has 106 valence electrons. The third-order valence-corrected chi connectivity index (χ3v) is 3.92. The van der Waals surface area contributed by atoms with Crippen LogP contribution in [0.15, 0.2) is 65.8 Å². The predicted octanol–water partition coefficient (Wildman–Crippen LogP) is 3.93. The lowest BCUT2D eigenvalue weighted by Crippen LogP contribution is -1.92. The number of hydrogen-bond acceptors (Lipinski definition) is 3. The molecule has 0 fully saturated rings. The van der Waals surface area contributed by atoms with Crippen molar-refractivity contribution < 1.29 is 0 Å². The molecule has 3 aromatic rings. The maximum Gasteiger partial charge on any atom is 0.0781 e. The summed E-state index contributed by atoms with van der Waals surface area (Å²) in [5, 5.41) is 0. The van der Waals surface area contributed by atoms with Gasteiger partial charge in [0.15, 0.2) is 0 Å². The van der Waals surface area contributed by atoms with Gasteiger partial charge in [-0.1, -0.05) is 30.3 Å². The predicted molar refractivity (Wildman–Crippen MR) is 90.8 cm³/mol. The summed E-state index contributed by atoms with van der Waals surface area (Å²) < 4.78 is 0. The van der Waals surface area contributed by atoms with Crippen molar-refractivity contribution in [3.8, 4) is 22.4 Å². The fraction of sp³-hybridized carbons (Fsp3) is 0.0526. The van der Waals surface area contributed by atoms with Gasteiger partial charge in [0, 0.05) is 29.2 Å². The number of aliphatic imine (C=N–C) groups is 1. The van der Waals surface area contributed by atoms with Gasteiger partial charge >= 0.3 is 0 Å². The zero-order valence-corrected chi connectivity index (χ0v) is 12.0. The molecule has 0 radical (unpaired) electrons. The second-order valence-corrected chi connectivity index (χ2v) is 5.41. The summed E-state index contributed by atoms with van der Waals surface area (Å²) in [5.74, 6) is 0. The average molecular weight is 285 g/mol. The van der Waals surface area contributed by atoms with E-state index in [-0.39, 0.29) is 0 Å². The number of anilines is 1. The third kappa shape index (κ3) is 2.17. The summed E-state index contributed by atoms with van der Waals surface area (Å²) in [6.07, 6.45) is 3.76. The number of fused-ring (bicyclic) bond motifs is 1. The van der Waals surface area contributed by atoms with Crippen LogP contribution in [0.4, 0.5) is 5.69 Å². The smallest absolute Gasteiger partial charge is 0.0781 e. The fourth-order valence-corrected chi connectivity index (χ4v) is 2.82. The van der Waals surface area contributed by atoms with Gasteiger partial charge in [0.25, 0.3) is 0 Å². The van der Waals surface area contributed by atoms with Crippen molar-refractivity contribution in [1.82, 2.24) is 4.98 Å². The van der Waals surface area contributed by atoms with Gasteiger partial charge in [0.1, 0.15) is 0 Å². The Morgan fingerprint density at radius 1 is 0.909 bits per heavy atom. The van der Waals surface area contributed by atoms with E-state index < -0.39 is 0 Å². The Morgan fingerprint density at radius 2 is 1.86 bits per heavy atom. The van der Waals surface area contributed by atoms with Crippen LogP contribution in [0.25, 0.3) is 22.4 Å². The Balaban J connectivity index is 1.88. The zero-order chi connectivity index (χ0) is 14.9. The van der Waals surface area contributed by atoms with Gasteiger partial charge < -0.3 is 5.73 Å². The number of benzene rings is 2. The summed E-state index contributed by atoms with van der Waals surface area (Å²) in [6.45, 7) is 0.782. The molecule has 2 N–H and O–H groups in total. The van der Waals surface area contributed by atoms with E-state index in [1.54, 1.807) is 0 Å². The van der Waals surface area contributed by atoms with E-state index >= 15 is 0 Å². The summed E-state index contributed by atoms with van der Waals surface area (Å²) in [4.78, 5) is 8.89. The van der Waals surface area contributed by atoms with Crippen LogP contribution in [0.2, 0.25) is 0 Å². The van der Waals surface area contributed by atoms with Gasteiger partial charge in [0.2, 0.25) is 0 Å². The third-order valence-electron chi connectivity index (χ3n) is 3.92. The van der Waals surface area contributed by atoms with Crippen molar-refractivity contribution in [2.75, 3.05) is 5.73 Å². The second kappa shape index (κ2) is 5.11. The number of rotatable bonds is 2. The lowest BCUT2D eigenvalue weighted by Gasteiger charge is -2.10. The second-order valence-electron chi connectivity index (χ2n) is 5.41. The topological polar surface area (TPSA) is 51.3 Å². The van der Waals surface area contributed by atoms with E-state index in [0.29, 0.717) is 0 Å². The Bertz CT molecular complexity index is 881. The van der Waals surface area contributed by atoms with Crippen molar-refractivity contribution in [2.45, 2.75) is 6.54 Å². The van der Waals surface area contributed by atoms with Crippen molar-refractivity contribution >= 4 is 11.9 Å². The standard InChI is InChI=1S/C19H15N3/c20-17-4-1-3-14(10-17)19-18(5-2-8-22-19)13-6-7-15-11-21-12-16(15)9-13/h1-10,12H,11,20H2. The molecule has 0 unspecified atom stereocenters. The number of nitrogen functional groups attached to an aromatic ring is 1. The average Bonchev–Trinajstić information content (AvgIpc) is 3.02. The molecule has 0 spiro atoms. The van der Waals surface area contributed by atoms with Gasteiger partial charge in [-0.25, -0.2) is 0 Å². The Hall–Kier alpha value is -2.94. The monoisotopic (exact) mass is 285 g/mol. The molecule has 4 rings (SSSR count). The number of nitrogens with zero attached hydrogens (tertiary/aromatic N) is 2. The van der Waals surface area contributed by atoms with Gasteiger partial charge in [-0.3, -0.25) is 9.98 Å². The molecular formula is C19H15N3. The van der Waals surface area contributed by atoms with Gasteiger partial charge in [0.05, 0.1) is 12.2 Å². The van der Waals surface area contributed by atoms with Crippen LogP contribution in [0.1, 0.15) is 11.1 Å². The minimum absolute atomic E-state index is 0.746. The van der Waals surface area contributed by atoms with Crippen LogP contribution in [-0.4, -0.2) is 11.2 Å². The fourth-order valence-electron chi connectivity index (χ4n) is 2.82. The number of hydrogen-bond donors (Lipinski definition) is 1. The van der Waals surface area contributed by atoms with Gasteiger partial charge in [-0.2, -0.15) is 0 Å². The van der Waals surface area contributed by atoms with Gasteiger partial charge in [-0.05, 0) is 41.0 Å². The normalized spacial score (nSPS) is 12.4. The molecule has 1 aliphatic rings. The summed E-state index contributed by atoms with van der Waals surface area (Å²) in [7, 11) is 0. The lowest BCUT2D eigenvalue weighted by molar-refractivity contribution is 1.11. The molecule has 22 heavy (non-hydrogen) atoms. The van der Waals surface area contributed by atoms with Crippen LogP contribution in [-0.2, 0) is 6.54 Å². The lowest BCUT2D eigenvalue weighted by atomic mass is 9.96. The first-order valence-electron chi connectivity index (χ1n) is 7.25. The first kappa shape index (κ1) is 12.8. The molecule has 3 nitrogen and oxygen atoms in total. The molecular weight excluding hydrogens is 270 g/mol. The van der Waals surface area contributed by atoms with Crippen LogP contribution < -0.4 is 5.73 Å². The van der Waals surface area contributed by atoms with E-state index in [4.69, 9.17) is 5.73 Å². The largest absolute Gasteiger partial charge is 0.399 e. The first-order valence-corrected chi connectivity index (χ1v) is 7.25. The molecule has 1 aliphatic heterocycles. The van der Waals surface area contributed by atoms with Crippen molar-refractivity contribution in [3.63, 3.8) is 0 Å². The molecule has 2 heterocycles. The molecule has 0 saturated carbocycles. The van der Waals surface area contributed by atoms with E-state index in [2.05, 4.69) is 34.2 Å². The highest BCUT2D eigenvalue weighted by atomic mass is 14.7. The first-order chi connectivity index (χ1) is 10.8. The van der Waals surface area contributed by atoms with Crippen LogP contribution in [0, 0.1) is 0 Å². The molecule has 0 saturated heterocycles. The zero-order valence-electron chi connectivity index (χ0n) is 12.0. The molecule has 0 amide bonds. The SMILES string of the molecule is Nc1cccc(-c2ncccc2-c2ccc3c(c2)C=NC3)c1. The van der Waals surface area contributed by atoms with E-state index in [1.807, 2.05) is 42.7 Å². The van der Waals surface area contributed by atoms with Crippen LogP contribution >= 0.6 is 0 Å². The van der Waals surface area contributed by atoms with E-state index in [9.17, 15) is 0 Å². The van der Waals surface area contributed by atoms with Crippen molar-refractivity contribution in [2.24, 2.45) is 4.99 Å². The summed E-state index contributed by atoms with van der Waals surface area (Å²) in [5.41, 5.74) is 13.4. The van der Waals surface area contributed by atoms with Crippen LogP contribution in [0.5, 0.6) is 0 Å². The molecule has 2 aromatic carbocycles. The minimum atomic E-state index is 0.746. The number of pyridine rings is 1. The quantitative estimate of drug-likeness (QED) is 0.725. The maximum atomic E-state index is 5.91.